The van der Waals surface area contributed by atoms with Crippen molar-refractivity contribution < 1.29 is 23.6 Å². The van der Waals surface area contributed by atoms with Gasteiger partial charge in [-0.3, -0.25) is 9.52 Å². The molecule has 2 saturated heterocycles. The zero-order chi connectivity index (χ0) is 36.3. The topological polar surface area (TPSA) is 91.3 Å². The van der Waals surface area contributed by atoms with Crippen LogP contribution in [-0.4, -0.2) is 89.4 Å². The average Bonchev–Trinajstić information content (AvgIpc) is 3.50. The maximum atomic E-state index is 14.0. The van der Waals surface area contributed by atoms with Crippen LogP contribution in [0.15, 0.2) is 36.4 Å². The van der Waals surface area contributed by atoms with E-state index in [-0.39, 0.29) is 28.4 Å². The summed E-state index contributed by atoms with van der Waals surface area (Å²) in [6.45, 7) is 10.6. The Morgan fingerprint density at radius 1 is 1.02 bits per heavy atom. The van der Waals surface area contributed by atoms with E-state index in [2.05, 4.69) is 39.4 Å². The first-order chi connectivity index (χ1) is 24.9. The number of nitrogens with zero attached hydrogens (tertiary/aromatic N) is 2. The number of amides is 1. The third-order valence-electron chi connectivity index (χ3n) is 14.4. The molecular weight excluding hydrogens is 694 g/mol. The molecule has 2 aliphatic carbocycles. The third-order valence-corrected chi connectivity index (χ3v) is 16.8. The highest BCUT2D eigenvalue weighted by Gasteiger charge is 2.50. The summed E-state index contributed by atoms with van der Waals surface area (Å²) in [5.41, 5.74) is 3.21. The van der Waals surface area contributed by atoms with E-state index in [4.69, 9.17) is 21.1 Å². The van der Waals surface area contributed by atoms with E-state index in [0.29, 0.717) is 36.5 Å². The number of carbonyl (C=O) groups is 1. The Morgan fingerprint density at radius 2 is 1.85 bits per heavy atom. The molecule has 1 saturated carbocycles. The van der Waals surface area contributed by atoms with E-state index in [9.17, 15) is 14.1 Å². The molecule has 8 rings (SSSR count). The van der Waals surface area contributed by atoms with E-state index in [1.54, 1.807) is 6.07 Å². The first-order valence-corrected chi connectivity index (χ1v) is 22.1. The Labute approximate surface area is 316 Å². The van der Waals surface area contributed by atoms with E-state index < -0.39 is 15.3 Å². The maximum Gasteiger partial charge on any atom is 0.262 e. The van der Waals surface area contributed by atoms with Gasteiger partial charge in [0.15, 0.2) is 0 Å². The second-order valence-electron chi connectivity index (χ2n) is 17.6. The van der Waals surface area contributed by atoms with Gasteiger partial charge in [0.25, 0.3) is 5.91 Å². The van der Waals surface area contributed by atoms with Crippen molar-refractivity contribution >= 4 is 38.8 Å². The molecule has 2 N–H and O–H groups in total. The number of nitrogens with one attached hydrogen (secondary N) is 1. The van der Waals surface area contributed by atoms with Gasteiger partial charge >= 0.3 is 0 Å². The van der Waals surface area contributed by atoms with Crippen LogP contribution in [0.25, 0.3) is 0 Å². The number of benzene rings is 2. The second-order valence-corrected chi connectivity index (χ2v) is 20.5. The van der Waals surface area contributed by atoms with Crippen molar-refractivity contribution in [2.75, 3.05) is 57.4 Å². The molecule has 6 aliphatic rings. The molecule has 1 unspecified atom stereocenters. The number of rotatable bonds is 2. The lowest BCUT2D eigenvalue weighted by atomic mass is 9.62. The summed E-state index contributed by atoms with van der Waals surface area (Å²) in [7, 11) is -2.94. The fourth-order valence-electron chi connectivity index (χ4n) is 10.7. The number of likely N-dealkylation sites (tertiary alicyclic amines) is 1. The minimum absolute atomic E-state index is 0.0669. The lowest BCUT2D eigenvalue weighted by Crippen LogP contribution is -2.58. The number of hydrogen-bond acceptors (Lipinski definition) is 7. The molecule has 0 radical (unpaired) electrons. The van der Waals surface area contributed by atoms with Crippen molar-refractivity contribution in [1.29, 1.82) is 0 Å². The predicted molar refractivity (Wildman–Crippen MR) is 210 cm³/mol. The fourth-order valence-corrected chi connectivity index (χ4v) is 12.4. The second kappa shape index (κ2) is 14.1. The van der Waals surface area contributed by atoms with Crippen LogP contribution in [0.1, 0.15) is 99.5 Å². The van der Waals surface area contributed by atoms with Crippen LogP contribution in [0.4, 0.5) is 5.69 Å². The molecule has 1 amide bonds. The summed E-state index contributed by atoms with van der Waals surface area (Å²) >= 11 is 6.51. The van der Waals surface area contributed by atoms with Crippen molar-refractivity contribution in [3.05, 3.63) is 58.1 Å². The number of carbonyl (C=O) groups excluding carboxylic acids is 1. The lowest BCUT2D eigenvalue weighted by Gasteiger charge is -2.52. The zero-order valence-corrected chi connectivity index (χ0v) is 32.7. The summed E-state index contributed by atoms with van der Waals surface area (Å²) in [6, 6.07) is 12.0. The number of fused-ring (bicyclic) bond motifs is 4. The Kier molecular flexibility index (Phi) is 9.93. The van der Waals surface area contributed by atoms with Gasteiger partial charge in [-0.1, -0.05) is 31.0 Å². The molecule has 8 nitrogen and oxygen atoms in total. The van der Waals surface area contributed by atoms with Crippen molar-refractivity contribution in [3.8, 4) is 5.75 Å². The molecule has 2 aromatic carbocycles. The SMILES string of the molecule is C=S1(=O)NC(=O)c2ccc3c(c2)N(C[C@@H]2CC[C@H]2[C@](O)(CN2CCC4(CCOC4)CC2)CCC[C@H](C)[C@H]1C)C[C@@]1(CCCc2cc(Cl)ccc21)CO3. The molecule has 52 heavy (non-hydrogen) atoms. The number of hydrogen-bond donors (Lipinski definition) is 2. The van der Waals surface area contributed by atoms with Gasteiger partial charge in [-0.25, -0.2) is 4.21 Å². The van der Waals surface area contributed by atoms with Crippen molar-refractivity contribution in [2.45, 2.75) is 101 Å². The van der Waals surface area contributed by atoms with Crippen LogP contribution in [0.2, 0.25) is 5.02 Å². The quantitative estimate of drug-likeness (QED) is 0.333. The van der Waals surface area contributed by atoms with Crippen LogP contribution in [0.3, 0.4) is 0 Å². The highest BCUT2D eigenvalue weighted by molar-refractivity contribution is 7.99. The molecule has 4 heterocycles. The van der Waals surface area contributed by atoms with Crippen LogP contribution in [-0.2, 0) is 26.3 Å². The first-order valence-electron chi connectivity index (χ1n) is 19.9. The van der Waals surface area contributed by atoms with Gasteiger partial charge < -0.3 is 24.4 Å². The molecule has 2 bridgehead atoms. The number of halogens is 1. The number of anilines is 1. The van der Waals surface area contributed by atoms with Crippen LogP contribution in [0, 0.1) is 23.2 Å². The van der Waals surface area contributed by atoms with Gasteiger partial charge in [0, 0.05) is 47.5 Å². The normalized spacial score (nSPS) is 36.6. The zero-order valence-electron chi connectivity index (χ0n) is 31.2. The largest absolute Gasteiger partial charge is 0.490 e. The summed E-state index contributed by atoms with van der Waals surface area (Å²) in [5.74, 6) is 5.01. The van der Waals surface area contributed by atoms with Crippen molar-refractivity contribution in [2.24, 2.45) is 23.2 Å². The Bertz CT molecular complexity index is 1770. The standard InChI is InChI=1S/C42H58ClN3O5S/c1-29-6-4-15-42(48,26-45-19-16-40(17-20-45)18-21-50-27-40)36-11-8-33(36)24-46-25-41(14-5-7-31-22-34(43)10-12-35(31)41)28-51-38-13-9-32(23-37(38)46)39(47)44-52(3,49)30(29)2/h9-10,12-13,22-23,29-30,33,36,48H,3-8,11,14-21,24-28H2,1-2H3,(H,44,47,49)/t29-,30+,33-,36+,41-,42+,52?/m0/s1. The molecule has 2 aromatic rings. The van der Waals surface area contributed by atoms with Crippen molar-refractivity contribution in [1.82, 2.24) is 9.62 Å². The average molecular weight is 752 g/mol. The minimum atomic E-state index is -2.94. The summed E-state index contributed by atoms with van der Waals surface area (Å²) < 4.78 is 29.4. The number of ether oxygens (including phenoxy) is 2. The Balaban J connectivity index is 1.15. The highest BCUT2D eigenvalue weighted by Crippen LogP contribution is 2.50. The Hall–Kier alpha value is -2.30. The summed E-state index contributed by atoms with van der Waals surface area (Å²) in [4.78, 5) is 18.8. The molecular formula is C42H58ClN3O5S. The number of piperidine rings is 1. The maximum absolute atomic E-state index is 14.0. The fraction of sp³-hybridized carbons (Fsp3) is 0.667. The molecule has 10 heteroatoms. The monoisotopic (exact) mass is 751 g/mol. The van der Waals surface area contributed by atoms with Gasteiger partial charge in [-0.2, -0.15) is 0 Å². The van der Waals surface area contributed by atoms with Gasteiger partial charge in [0.05, 0.1) is 34.2 Å². The predicted octanol–water partition coefficient (Wildman–Crippen LogP) is 6.64. The third kappa shape index (κ3) is 6.91. The van der Waals surface area contributed by atoms with E-state index in [1.165, 1.54) is 11.1 Å². The van der Waals surface area contributed by atoms with Gasteiger partial charge in [-0.15, -0.1) is 0 Å². The molecule has 0 aromatic heterocycles. The van der Waals surface area contributed by atoms with E-state index in [1.807, 2.05) is 25.1 Å². The number of β-amino-alcohol motifs (C(OH)–C–C–N with tert-alkyl or cyclic N) is 1. The van der Waals surface area contributed by atoms with Crippen molar-refractivity contribution in [3.63, 3.8) is 0 Å². The van der Waals surface area contributed by atoms with E-state index in [0.717, 1.165) is 120 Å². The molecule has 3 fully saturated rings. The minimum Gasteiger partial charge on any atom is -0.490 e. The molecule has 7 atom stereocenters. The molecule has 2 spiro atoms. The molecule has 4 aliphatic heterocycles. The number of aliphatic hydroxyl groups is 1. The molecule has 284 valence electrons. The first kappa shape index (κ1) is 36.7. The lowest BCUT2D eigenvalue weighted by molar-refractivity contribution is -0.111. The van der Waals surface area contributed by atoms with Gasteiger partial charge in [-0.05, 0) is 155 Å². The smallest absolute Gasteiger partial charge is 0.262 e. The number of aryl methyl sites for hydroxylation is 1. The van der Waals surface area contributed by atoms with Crippen LogP contribution in [0.5, 0.6) is 5.75 Å². The summed E-state index contributed by atoms with van der Waals surface area (Å²) in [6.07, 6.45) is 10.9. The van der Waals surface area contributed by atoms with Gasteiger partial charge in [0.1, 0.15) is 5.75 Å². The van der Waals surface area contributed by atoms with Gasteiger partial charge in [0.2, 0.25) is 0 Å². The Morgan fingerprint density at radius 3 is 2.60 bits per heavy atom. The van der Waals surface area contributed by atoms with Crippen LogP contribution < -0.4 is 14.4 Å². The highest BCUT2D eigenvalue weighted by atomic mass is 35.5. The van der Waals surface area contributed by atoms with Crippen LogP contribution >= 0.6 is 11.6 Å². The summed E-state index contributed by atoms with van der Waals surface area (Å²) in [5, 5.41) is 13.4. The van der Waals surface area contributed by atoms with E-state index >= 15 is 0 Å².